The van der Waals surface area contributed by atoms with Crippen molar-refractivity contribution in [1.29, 1.82) is 0 Å². The summed E-state index contributed by atoms with van der Waals surface area (Å²) >= 11 is 6.13. The number of nitrogens with two attached hydrogens (primary N) is 1. The SMILES string of the molecule is NC1CCCC(C(=O)Nc2ccc(Cl)c(S(=O)(=O)N3CCCC3)c2)C1. The Balaban J connectivity index is 1.78. The average molecular weight is 386 g/mol. The fourth-order valence-electron chi connectivity index (χ4n) is 3.56. The minimum Gasteiger partial charge on any atom is -0.328 e. The number of anilines is 1. The van der Waals surface area contributed by atoms with Crippen molar-refractivity contribution in [1.82, 2.24) is 4.31 Å². The summed E-state index contributed by atoms with van der Waals surface area (Å²) in [6, 6.07) is 4.66. The van der Waals surface area contributed by atoms with E-state index in [1.165, 1.54) is 16.4 Å². The second-order valence-electron chi connectivity index (χ2n) is 6.87. The lowest BCUT2D eigenvalue weighted by molar-refractivity contribution is -0.120. The minimum atomic E-state index is -3.63. The van der Waals surface area contributed by atoms with E-state index < -0.39 is 10.0 Å². The molecule has 138 valence electrons. The molecule has 1 aliphatic carbocycles. The van der Waals surface area contributed by atoms with Crippen molar-refractivity contribution in [3.63, 3.8) is 0 Å². The van der Waals surface area contributed by atoms with Crippen molar-refractivity contribution in [2.75, 3.05) is 18.4 Å². The van der Waals surface area contributed by atoms with Crippen LogP contribution in [0.15, 0.2) is 23.1 Å². The molecule has 0 aromatic heterocycles. The molecule has 1 aromatic rings. The molecule has 2 fully saturated rings. The molecule has 2 atom stereocenters. The Hall–Kier alpha value is -1.15. The number of hydrogen-bond acceptors (Lipinski definition) is 4. The molecule has 8 heteroatoms. The van der Waals surface area contributed by atoms with Gasteiger partial charge in [-0.2, -0.15) is 4.31 Å². The van der Waals surface area contributed by atoms with Gasteiger partial charge in [-0.25, -0.2) is 8.42 Å². The van der Waals surface area contributed by atoms with E-state index in [0.717, 1.165) is 32.1 Å². The Morgan fingerprint density at radius 1 is 1.20 bits per heavy atom. The summed E-state index contributed by atoms with van der Waals surface area (Å²) in [5.41, 5.74) is 6.40. The molecule has 1 saturated heterocycles. The summed E-state index contributed by atoms with van der Waals surface area (Å²) in [4.78, 5) is 12.5. The average Bonchev–Trinajstić information content (AvgIpc) is 3.12. The van der Waals surface area contributed by atoms with Gasteiger partial charge in [0.1, 0.15) is 4.90 Å². The number of rotatable bonds is 4. The molecule has 3 N–H and O–H groups in total. The summed E-state index contributed by atoms with van der Waals surface area (Å²) in [6.07, 6.45) is 5.08. The first-order chi connectivity index (χ1) is 11.9. The Morgan fingerprint density at radius 3 is 2.60 bits per heavy atom. The maximum Gasteiger partial charge on any atom is 0.244 e. The first-order valence-corrected chi connectivity index (χ1v) is 10.6. The Bertz CT molecular complexity index is 748. The topological polar surface area (TPSA) is 92.5 Å². The third kappa shape index (κ3) is 4.16. The molecular formula is C17H24ClN3O3S. The normalized spacial score (nSPS) is 25.0. The van der Waals surface area contributed by atoms with Gasteiger partial charge in [0.2, 0.25) is 15.9 Å². The van der Waals surface area contributed by atoms with Crippen LogP contribution in [-0.4, -0.2) is 37.8 Å². The van der Waals surface area contributed by atoms with Crippen molar-refractivity contribution in [3.05, 3.63) is 23.2 Å². The van der Waals surface area contributed by atoms with Gasteiger partial charge in [-0.15, -0.1) is 0 Å². The van der Waals surface area contributed by atoms with Gasteiger partial charge in [0.15, 0.2) is 0 Å². The lowest BCUT2D eigenvalue weighted by Crippen LogP contribution is -2.34. The quantitative estimate of drug-likeness (QED) is 0.833. The second kappa shape index (κ2) is 7.61. The maximum atomic E-state index is 12.8. The van der Waals surface area contributed by atoms with Crippen molar-refractivity contribution >= 4 is 33.2 Å². The van der Waals surface area contributed by atoms with Crippen LogP contribution >= 0.6 is 11.6 Å². The van der Waals surface area contributed by atoms with E-state index in [4.69, 9.17) is 17.3 Å². The largest absolute Gasteiger partial charge is 0.328 e. The minimum absolute atomic E-state index is 0.0502. The van der Waals surface area contributed by atoms with Gasteiger partial charge in [0, 0.05) is 30.7 Å². The Labute approximate surface area is 153 Å². The highest BCUT2D eigenvalue weighted by Gasteiger charge is 2.30. The predicted molar refractivity (Wildman–Crippen MR) is 98.0 cm³/mol. The van der Waals surface area contributed by atoms with Crippen molar-refractivity contribution in [2.45, 2.75) is 49.5 Å². The summed E-state index contributed by atoms with van der Waals surface area (Å²) in [7, 11) is -3.63. The molecule has 3 rings (SSSR count). The molecular weight excluding hydrogens is 362 g/mol. The van der Waals surface area contributed by atoms with Gasteiger partial charge in [0.25, 0.3) is 0 Å². The summed E-state index contributed by atoms with van der Waals surface area (Å²) in [6.45, 7) is 1.02. The number of hydrogen-bond donors (Lipinski definition) is 2. The van der Waals surface area contributed by atoms with E-state index in [0.29, 0.717) is 25.2 Å². The van der Waals surface area contributed by atoms with Gasteiger partial charge in [-0.05, 0) is 50.3 Å². The second-order valence-corrected chi connectivity index (χ2v) is 9.18. The molecule has 0 bridgehead atoms. The van der Waals surface area contributed by atoms with Gasteiger partial charge in [0.05, 0.1) is 5.02 Å². The van der Waals surface area contributed by atoms with E-state index in [-0.39, 0.29) is 27.8 Å². The number of halogens is 1. The third-order valence-electron chi connectivity index (χ3n) is 4.97. The van der Waals surface area contributed by atoms with Gasteiger partial charge >= 0.3 is 0 Å². The molecule has 1 aromatic carbocycles. The number of carbonyl (C=O) groups excluding carboxylic acids is 1. The monoisotopic (exact) mass is 385 g/mol. The van der Waals surface area contributed by atoms with E-state index >= 15 is 0 Å². The molecule has 0 radical (unpaired) electrons. The molecule has 2 unspecified atom stereocenters. The zero-order valence-corrected chi connectivity index (χ0v) is 15.7. The molecule has 1 saturated carbocycles. The van der Waals surface area contributed by atoms with Crippen LogP contribution in [0.4, 0.5) is 5.69 Å². The Morgan fingerprint density at radius 2 is 1.92 bits per heavy atom. The fraction of sp³-hybridized carbons (Fsp3) is 0.588. The highest BCUT2D eigenvalue weighted by atomic mass is 35.5. The van der Waals surface area contributed by atoms with Gasteiger partial charge < -0.3 is 11.1 Å². The van der Waals surface area contributed by atoms with Crippen molar-refractivity contribution < 1.29 is 13.2 Å². The molecule has 6 nitrogen and oxygen atoms in total. The maximum absolute atomic E-state index is 12.8. The summed E-state index contributed by atoms with van der Waals surface area (Å²) in [5, 5.41) is 3.00. The van der Waals surface area contributed by atoms with Crippen LogP contribution in [0.3, 0.4) is 0 Å². The molecule has 1 heterocycles. The highest BCUT2D eigenvalue weighted by Crippen LogP contribution is 2.30. The number of nitrogens with zero attached hydrogens (tertiary/aromatic N) is 1. The standard InChI is InChI=1S/C17H24ClN3O3S/c18-15-7-6-14(20-17(22)12-4-3-5-13(19)10-12)11-16(15)25(23,24)21-8-1-2-9-21/h6-7,11-13H,1-5,8-10,19H2,(H,20,22). The number of nitrogens with one attached hydrogen (secondary N) is 1. The lowest BCUT2D eigenvalue weighted by Gasteiger charge is -2.25. The molecule has 1 amide bonds. The zero-order valence-electron chi connectivity index (χ0n) is 14.1. The highest BCUT2D eigenvalue weighted by molar-refractivity contribution is 7.89. The van der Waals surface area contributed by atoms with Gasteiger partial charge in [-0.1, -0.05) is 18.0 Å². The van der Waals surface area contributed by atoms with Crippen LogP contribution < -0.4 is 11.1 Å². The van der Waals surface area contributed by atoms with E-state index in [1.807, 2.05) is 0 Å². The number of amides is 1. The zero-order chi connectivity index (χ0) is 18.0. The van der Waals surface area contributed by atoms with Crippen LogP contribution in [-0.2, 0) is 14.8 Å². The van der Waals surface area contributed by atoms with Gasteiger partial charge in [-0.3, -0.25) is 4.79 Å². The van der Waals surface area contributed by atoms with Crippen LogP contribution in [0.5, 0.6) is 0 Å². The number of sulfonamides is 1. The van der Waals surface area contributed by atoms with Crippen LogP contribution in [0, 0.1) is 5.92 Å². The van der Waals surface area contributed by atoms with E-state index in [9.17, 15) is 13.2 Å². The first kappa shape index (κ1) is 18.6. The Kier molecular flexibility index (Phi) is 5.68. The third-order valence-corrected chi connectivity index (χ3v) is 7.35. The lowest BCUT2D eigenvalue weighted by atomic mass is 9.85. The van der Waals surface area contributed by atoms with E-state index in [2.05, 4.69) is 5.32 Å². The number of carbonyl (C=O) groups is 1. The van der Waals surface area contributed by atoms with Crippen molar-refractivity contribution in [2.24, 2.45) is 11.7 Å². The molecule has 1 aliphatic heterocycles. The van der Waals surface area contributed by atoms with E-state index in [1.54, 1.807) is 6.07 Å². The van der Waals surface area contributed by atoms with Crippen LogP contribution in [0.25, 0.3) is 0 Å². The summed E-state index contributed by atoms with van der Waals surface area (Å²) < 4.78 is 26.9. The molecule has 2 aliphatic rings. The number of benzene rings is 1. The predicted octanol–water partition coefficient (Wildman–Crippen LogP) is 2.58. The first-order valence-electron chi connectivity index (χ1n) is 8.74. The van der Waals surface area contributed by atoms with Crippen LogP contribution in [0.1, 0.15) is 38.5 Å². The molecule has 25 heavy (non-hydrogen) atoms. The summed E-state index contributed by atoms with van der Waals surface area (Å²) in [5.74, 6) is -0.236. The van der Waals surface area contributed by atoms with Crippen molar-refractivity contribution in [3.8, 4) is 0 Å². The smallest absolute Gasteiger partial charge is 0.244 e. The fourth-order valence-corrected chi connectivity index (χ4v) is 5.57. The molecule has 0 spiro atoms. The van der Waals surface area contributed by atoms with Crippen LogP contribution in [0.2, 0.25) is 5.02 Å².